The van der Waals surface area contributed by atoms with E-state index in [1.807, 2.05) is 0 Å². The summed E-state index contributed by atoms with van der Waals surface area (Å²) in [6, 6.07) is 19.6. The second-order valence-corrected chi connectivity index (χ2v) is 7.71. The minimum atomic E-state index is -4.97. The highest BCUT2D eigenvalue weighted by molar-refractivity contribution is 5.99. The summed E-state index contributed by atoms with van der Waals surface area (Å²) in [7, 11) is 0. The number of carbonyl (C=O) groups excluding carboxylic acids is 1. The number of hydrogen-bond acceptors (Lipinski definition) is 4. The second-order valence-electron chi connectivity index (χ2n) is 7.71. The third-order valence-electron chi connectivity index (χ3n) is 5.47. The summed E-state index contributed by atoms with van der Waals surface area (Å²) in [4.78, 5) is 25.6. The van der Waals surface area contributed by atoms with Gasteiger partial charge in [0.15, 0.2) is 0 Å². The van der Waals surface area contributed by atoms with Crippen molar-refractivity contribution >= 4 is 27.7 Å². The fourth-order valence-corrected chi connectivity index (χ4v) is 3.88. The molecule has 0 unspecified atom stereocenters. The Balaban J connectivity index is 1.66. The number of esters is 1. The van der Waals surface area contributed by atoms with Crippen molar-refractivity contribution in [3.63, 3.8) is 0 Å². The molecule has 35 heavy (non-hydrogen) atoms. The van der Waals surface area contributed by atoms with Gasteiger partial charge in [-0.1, -0.05) is 42.5 Å². The Hall–Kier alpha value is -4.46. The molecular formula is C27H14F4O4. The van der Waals surface area contributed by atoms with Crippen LogP contribution < -0.4 is 10.2 Å². The van der Waals surface area contributed by atoms with Gasteiger partial charge in [0.2, 0.25) is 11.2 Å². The lowest BCUT2D eigenvalue weighted by Crippen LogP contribution is -2.16. The molecule has 0 N–H and O–H groups in total. The molecule has 5 rings (SSSR count). The molecule has 1 aromatic heterocycles. The van der Waals surface area contributed by atoms with Crippen LogP contribution in [0.25, 0.3) is 32.9 Å². The summed E-state index contributed by atoms with van der Waals surface area (Å²) >= 11 is 0. The first-order chi connectivity index (χ1) is 16.7. The van der Waals surface area contributed by atoms with Crippen molar-refractivity contribution < 1.29 is 31.5 Å². The molecule has 1 heterocycles. The number of ether oxygens (including phenoxy) is 1. The monoisotopic (exact) mass is 478 g/mol. The average Bonchev–Trinajstić information content (AvgIpc) is 2.83. The van der Waals surface area contributed by atoms with Crippen LogP contribution in [0.2, 0.25) is 0 Å². The Morgan fingerprint density at radius 1 is 0.829 bits per heavy atom. The van der Waals surface area contributed by atoms with Crippen molar-refractivity contribution in [2.24, 2.45) is 0 Å². The molecule has 0 atom stereocenters. The van der Waals surface area contributed by atoms with Crippen molar-refractivity contribution in [2.45, 2.75) is 6.18 Å². The van der Waals surface area contributed by atoms with Crippen LogP contribution in [0.15, 0.2) is 94.1 Å². The van der Waals surface area contributed by atoms with Crippen molar-refractivity contribution in [3.05, 3.63) is 112 Å². The highest BCUT2D eigenvalue weighted by Crippen LogP contribution is 2.39. The van der Waals surface area contributed by atoms with E-state index >= 15 is 0 Å². The zero-order valence-electron chi connectivity index (χ0n) is 17.7. The van der Waals surface area contributed by atoms with Gasteiger partial charge in [0.25, 0.3) is 0 Å². The van der Waals surface area contributed by atoms with Gasteiger partial charge in [-0.25, -0.2) is 9.18 Å². The fourth-order valence-electron chi connectivity index (χ4n) is 3.88. The first-order valence-corrected chi connectivity index (χ1v) is 10.4. The van der Waals surface area contributed by atoms with E-state index in [1.165, 1.54) is 30.3 Å². The van der Waals surface area contributed by atoms with Crippen molar-refractivity contribution in [3.8, 4) is 16.9 Å². The molecule has 0 spiro atoms. The van der Waals surface area contributed by atoms with E-state index in [0.717, 1.165) is 18.2 Å². The third kappa shape index (κ3) is 4.14. The fraction of sp³-hybridized carbons (Fsp3) is 0.0370. The number of benzene rings is 4. The molecule has 0 fully saturated rings. The smallest absolute Gasteiger partial charge is 0.450 e. The number of halogens is 4. The van der Waals surface area contributed by atoms with E-state index in [1.54, 1.807) is 36.4 Å². The normalized spacial score (nSPS) is 11.7. The highest BCUT2D eigenvalue weighted by Gasteiger charge is 2.39. The molecule has 5 aromatic rings. The number of alkyl halides is 3. The Bertz CT molecular complexity index is 1650. The van der Waals surface area contributed by atoms with Gasteiger partial charge < -0.3 is 9.15 Å². The summed E-state index contributed by atoms with van der Waals surface area (Å²) in [5.74, 6) is -2.99. The van der Waals surface area contributed by atoms with E-state index in [9.17, 15) is 27.2 Å². The predicted molar refractivity (Wildman–Crippen MR) is 122 cm³/mol. The SMILES string of the molecule is O=C(Oc1ccc2c(=O)c(-c3cccc4ccccc34)c(C(F)(F)F)oc2c1)c1ccc(F)cc1. The molecule has 0 saturated heterocycles. The molecule has 0 aliphatic heterocycles. The first-order valence-electron chi connectivity index (χ1n) is 10.4. The van der Waals surface area contributed by atoms with Gasteiger partial charge in [-0.05, 0) is 52.7 Å². The number of fused-ring (bicyclic) bond motifs is 2. The van der Waals surface area contributed by atoms with E-state index < -0.39 is 40.3 Å². The van der Waals surface area contributed by atoms with Gasteiger partial charge in [0, 0.05) is 6.07 Å². The molecule has 0 saturated carbocycles. The van der Waals surface area contributed by atoms with Gasteiger partial charge in [-0.15, -0.1) is 0 Å². The quantitative estimate of drug-likeness (QED) is 0.159. The molecule has 4 nitrogen and oxygen atoms in total. The molecule has 4 aromatic carbocycles. The Morgan fingerprint density at radius 3 is 2.29 bits per heavy atom. The minimum absolute atomic E-state index is 0.0373. The average molecular weight is 478 g/mol. The van der Waals surface area contributed by atoms with Gasteiger partial charge >= 0.3 is 12.1 Å². The number of rotatable bonds is 3. The first kappa shape index (κ1) is 22.3. The lowest BCUT2D eigenvalue weighted by Gasteiger charge is -2.14. The van der Waals surface area contributed by atoms with E-state index in [4.69, 9.17) is 9.15 Å². The van der Waals surface area contributed by atoms with E-state index in [2.05, 4.69) is 0 Å². The van der Waals surface area contributed by atoms with Crippen LogP contribution in [0.5, 0.6) is 5.75 Å². The van der Waals surface area contributed by atoms with Crippen LogP contribution in [0.1, 0.15) is 16.1 Å². The van der Waals surface area contributed by atoms with Crippen LogP contribution in [0, 0.1) is 5.82 Å². The third-order valence-corrected chi connectivity index (χ3v) is 5.47. The van der Waals surface area contributed by atoms with Crippen LogP contribution in [-0.4, -0.2) is 5.97 Å². The van der Waals surface area contributed by atoms with Crippen molar-refractivity contribution in [2.75, 3.05) is 0 Å². The Kier molecular flexibility index (Phi) is 5.36. The summed E-state index contributed by atoms with van der Waals surface area (Å²) in [5, 5.41) is 1.03. The van der Waals surface area contributed by atoms with Gasteiger partial charge in [-0.3, -0.25) is 4.79 Å². The number of carbonyl (C=O) groups is 1. The molecule has 0 aliphatic rings. The summed E-state index contributed by atoms with van der Waals surface area (Å²) in [6.07, 6.45) is -4.97. The maximum atomic E-state index is 14.1. The molecule has 8 heteroatoms. The highest BCUT2D eigenvalue weighted by atomic mass is 19.4. The second kappa shape index (κ2) is 8.39. The van der Waals surface area contributed by atoms with Crippen LogP contribution in [0.3, 0.4) is 0 Å². The minimum Gasteiger partial charge on any atom is -0.450 e. The Morgan fingerprint density at radius 2 is 1.54 bits per heavy atom. The van der Waals surface area contributed by atoms with Crippen molar-refractivity contribution in [1.82, 2.24) is 0 Å². The molecule has 0 amide bonds. The van der Waals surface area contributed by atoms with Crippen molar-refractivity contribution in [1.29, 1.82) is 0 Å². The molecule has 0 aliphatic carbocycles. The molecule has 0 bridgehead atoms. The van der Waals surface area contributed by atoms with Gasteiger partial charge in [-0.2, -0.15) is 13.2 Å². The zero-order valence-corrected chi connectivity index (χ0v) is 17.7. The lowest BCUT2D eigenvalue weighted by molar-refractivity contribution is -0.152. The van der Waals surface area contributed by atoms with Crippen LogP contribution in [0.4, 0.5) is 17.6 Å². The van der Waals surface area contributed by atoms with Gasteiger partial charge in [0.05, 0.1) is 16.5 Å². The largest absolute Gasteiger partial charge is 0.450 e. The molecular weight excluding hydrogens is 464 g/mol. The van der Waals surface area contributed by atoms with Crippen LogP contribution in [-0.2, 0) is 6.18 Å². The summed E-state index contributed by atoms with van der Waals surface area (Å²) in [6.45, 7) is 0. The van der Waals surface area contributed by atoms with E-state index in [-0.39, 0.29) is 22.3 Å². The summed E-state index contributed by atoms with van der Waals surface area (Å²) in [5.41, 5.74) is -1.73. The Labute approximate surface area is 195 Å². The maximum Gasteiger partial charge on any atom is 0.450 e. The lowest BCUT2D eigenvalue weighted by atomic mass is 9.96. The summed E-state index contributed by atoms with van der Waals surface area (Å²) < 4.78 is 65.7. The molecule has 174 valence electrons. The van der Waals surface area contributed by atoms with Gasteiger partial charge in [0.1, 0.15) is 17.1 Å². The number of hydrogen-bond donors (Lipinski definition) is 0. The maximum absolute atomic E-state index is 14.1. The molecule has 0 radical (unpaired) electrons. The standard InChI is InChI=1S/C27H14F4O4/c28-17-10-8-16(9-11-17)26(33)34-18-12-13-21-22(14-18)35-25(27(29,30)31)23(24(21)32)20-7-3-5-15-4-1-2-6-19(15)20/h1-14H. The topological polar surface area (TPSA) is 56.5 Å². The zero-order chi connectivity index (χ0) is 24.7. The van der Waals surface area contributed by atoms with E-state index in [0.29, 0.717) is 10.8 Å². The predicted octanol–water partition coefficient (Wildman–Crippen LogP) is 6.99. The van der Waals surface area contributed by atoms with Crippen LogP contribution >= 0.6 is 0 Å².